The van der Waals surface area contributed by atoms with Crippen LogP contribution in [0.3, 0.4) is 0 Å². The number of halogens is 1. The Morgan fingerprint density at radius 2 is 1.82 bits per heavy atom. The fourth-order valence-electron chi connectivity index (χ4n) is 1.12. The summed E-state index contributed by atoms with van der Waals surface area (Å²) >= 11 is 5.93. The zero-order chi connectivity index (χ0) is 12.3. The Morgan fingerprint density at radius 1 is 1.12 bits per heavy atom. The van der Waals surface area contributed by atoms with Crippen LogP contribution in [0, 0.1) is 0 Å². The fraction of sp³-hybridized carbons (Fsp3) is 0.100. The Hall–Kier alpha value is -2.08. The highest BCUT2D eigenvalue weighted by Gasteiger charge is 2.08. The number of hydrogen-bond donors (Lipinski definition) is 1. The molecule has 0 aliphatic rings. The largest absolute Gasteiger partial charge is 0.467 e. The Bertz CT molecular complexity index is 535. The van der Waals surface area contributed by atoms with Gasteiger partial charge in [-0.1, -0.05) is 23.7 Å². The molecule has 88 valence electrons. The smallest absolute Gasteiger partial charge is 0.330 e. The Kier molecular flexibility index (Phi) is 3.24. The summed E-state index contributed by atoms with van der Waals surface area (Å²) in [5.41, 5.74) is 5.47. The van der Waals surface area contributed by atoms with Crippen LogP contribution in [-0.2, 0) is 0 Å². The first kappa shape index (κ1) is 11.4. The first-order valence-electron chi connectivity index (χ1n) is 4.67. The van der Waals surface area contributed by atoms with Crippen molar-refractivity contribution in [1.82, 2.24) is 15.0 Å². The van der Waals surface area contributed by atoms with Crippen molar-refractivity contribution in [2.24, 2.45) is 0 Å². The molecule has 1 aromatic carbocycles. The second-order valence-electron chi connectivity index (χ2n) is 3.00. The van der Waals surface area contributed by atoms with E-state index in [2.05, 4.69) is 15.0 Å². The number of aromatic nitrogens is 3. The fourth-order valence-corrected chi connectivity index (χ4v) is 1.29. The van der Waals surface area contributed by atoms with Crippen molar-refractivity contribution in [2.75, 3.05) is 12.8 Å². The predicted molar refractivity (Wildman–Crippen MR) is 62.3 cm³/mol. The highest BCUT2D eigenvalue weighted by atomic mass is 35.5. The molecule has 0 saturated heterocycles. The van der Waals surface area contributed by atoms with Crippen LogP contribution >= 0.6 is 11.6 Å². The maximum Gasteiger partial charge on any atom is 0.330 e. The molecule has 0 radical (unpaired) electrons. The van der Waals surface area contributed by atoms with Gasteiger partial charge in [-0.15, -0.1) is 4.98 Å². The second-order valence-corrected chi connectivity index (χ2v) is 3.40. The molecule has 2 aromatic rings. The third-order valence-corrected chi connectivity index (χ3v) is 2.14. The third-order valence-electron chi connectivity index (χ3n) is 1.83. The van der Waals surface area contributed by atoms with Gasteiger partial charge < -0.3 is 15.2 Å². The highest BCUT2D eigenvalue weighted by molar-refractivity contribution is 6.32. The van der Waals surface area contributed by atoms with Crippen LogP contribution in [-0.4, -0.2) is 22.1 Å². The number of nitrogen functional groups attached to an aromatic ring is 1. The summed E-state index contributed by atoms with van der Waals surface area (Å²) < 4.78 is 10.2. The predicted octanol–water partition coefficient (Wildman–Crippen LogP) is 1.91. The van der Waals surface area contributed by atoms with Crippen LogP contribution in [0.1, 0.15) is 0 Å². The molecule has 0 unspecified atom stereocenters. The van der Waals surface area contributed by atoms with E-state index in [1.165, 1.54) is 7.11 Å². The van der Waals surface area contributed by atoms with Gasteiger partial charge in [0.05, 0.1) is 12.1 Å². The Morgan fingerprint density at radius 3 is 2.53 bits per heavy atom. The topological polar surface area (TPSA) is 83.2 Å². The number of ether oxygens (including phenoxy) is 2. The minimum atomic E-state index is 0.0129. The number of methoxy groups -OCH3 is 1. The van der Waals surface area contributed by atoms with E-state index in [4.69, 9.17) is 26.8 Å². The molecule has 17 heavy (non-hydrogen) atoms. The van der Waals surface area contributed by atoms with Crippen molar-refractivity contribution < 1.29 is 9.47 Å². The summed E-state index contributed by atoms with van der Waals surface area (Å²) in [5.74, 6) is 0.445. The quantitative estimate of drug-likeness (QED) is 0.898. The molecule has 0 aliphatic heterocycles. The van der Waals surface area contributed by atoms with Gasteiger partial charge in [-0.2, -0.15) is 9.97 Å². The monoisotopic (exact) mass is 252 g/mol. The summed E-state index contributed by atoms with van der Waals surface area (Å²) in [6, 6.07) is 7.07. The molecule has 0 bridgehead atoms. The van der Waals surface area contributed by atoms with Crippen molar-refractivity contribution in [3.63, 3.8) is 0 Å². The third kappa shape index (κ3) is 2.73. The van der Waals surface area contributed by atoms with Gasteiger partial charge in [-0.3, -0.25) is 0 Å². The Labute approximate surface area is 102 Å². The van der Waals surface area contributed by atoms with E-state index in [9.17, 15) is 0 Å². The van der Waals surface area contributed by atoms with Crippen molar-refractivity contribution in [2.45, 2.75) is 0 Å². The van der Waals surface area contributed by atoms with Gasteiger partial charge in [0, 0.05) is 0 Å². The van der Waals surface area contributed by atoms with Gasteiger partial charge in [0.25, 0.3) is 0 Å². The van der Waals surface area contributed by atoms with Crippen LogP contribution < -0.4 is 15.2 Å². The van der Waals surface area contributed by atoms with Crippen LogP contribution in [0.25, 0.3) is 0 Å². The van der Waals surface area contributed by atoms with E-state index in [0.29, 0.717) is 10.8 Å². The molecule has 2 N–H and O–H groups in total. The molecule has 0 atom stereocenters. The lowest BCUT2D eigenvalue weighted by atomic mass is 10.3. The van der Waals surface area contributed by atoms with Crippen molar-refractivity contribution >= 4 is 17.5 Å². The maximum absolute atomic E-state index is 5.93. The average Bonchev–Trinajstić information content (AvgIpc) is 2.31. The summed E-state index contributed by atoms with van der Waals surface area (Å²) in [4.78, 5) is 11.4. The molecule has 0 spiro atoms. The lowest BCUT2D eigenvalue weighted by Crippen LogP contribution is -2.02. The Balaban J connectivity index is 2.30. The minimum Gasteiger partial charge on any atom is -0.467 e. The zero-order valence-electron chi connectivity index (χ0n) is 8.92. The minimum absolute atomic E-state index is 0.0129. The first-order valence-corrected chi connectivity index (χ1v) is 5.05. The van der Waals surface area contributed by atoms with Crippen LogP contribution in [0.4, 0.5) is 5.95 Å². The van der Waals surface area contributed by atoms with E-state index in [0.717, 1.165) is 0 Å². The van der Waals surface area contributed by atoms with Gasteiger partial charge in [-0.05, 0) is 12.1 Å². The average molecular weight is 253 g/mol. The van der Waals surface area contributed by atoms with E-state index in [-0.39, 0.29) is 18.0 Å². The van der Waals surface area contributed by atoms with Crippen molar-refractivity contribution in [3.05, 3.63) is 29.3 Å². The molecule has 7 heteroatoms. The number of para-hydroxylation sites is 1. The van der Waals surface area contributed by atoms with Crippen LogP contribution in [0.15, 0.2) is 24.3 Å². The lowest BCUT2D eigenvalue weighted by Gasteiger charge is -2.06. The maximum atomic E-state index is 5.93. The second kappa shape index (κ2) is 4.84. The molecule has 1 heterocycles. The zero-order valence-corrected chi connectivity index (χ0v) is 9.68. The standard InChI is InChI=1S/C10H9ClN4O2/c1-16-9-13-8(12)14-10(15-9)17-7-5-3-2-4-6(7)11/h2-5H,1H3,(H2,12,13,14,15). The summed E-state index contributed by atoms with van der Waals surface area (Å²) in [6.07, 6.45) is 0. The number of anilines is 1. The van der Waals surface area contributed by atoms with E-state index in [1.807, 2.05) is 0 Å². The summed E-state index contributed by atoms with van der Waals surface area (Å²) in [7, 11) is 1.42. The molecule has 0 saturated carbocycles. The molecule has 2 rings (SSSR count). The van der Waals surface area contributed by atoms with Gasteiger partial charge in [0.1, 0.15) is 5.75 Å². The number of benzene rings is 1. The molecule has 0 fully saturated rings. The van der Waals surface area contributed by atoms with Gasteiger partial charge in [0.2, 0.25) is 5.95 Å². The molecule has 6 nitrogen and oxygen atoms in total. The van der Waals surface area contributed by atoms with Crippen molar-refractivity contribution in [1.29, 1.82) is 0 Å². The van der Waals surface area contributed by atoms with Gasteiger partial charge >= 0.3 is 12.0 Å². The SMILES string of the molecule is COc1nc(N)nc(Oc2ccccc2Cl)n1. The van der Waals surface area contributed by atoms with E-state index < -0.39 is 0 Å². The molecule has 1 aromatic heterocycles. The van der Waals surface area contributed by atoms with Crippen LogP contribution in [0.2, 0.25) is 5.02 Å². The van der Waals surface area contributed by atoms with Gasteiger partial charge in [0.15, 0.2) is 0 Å². The summed E-state index contributed by atoms with van der Waals surface area (Å²) in [6.45, 7) is 0. The van der Waals surface area contributed by atoms with E-state index in [1.54, 1.807) is 24.3 Å². The molecular formula is C10H9ClN4O2. The number of hydrogen-bond acceptors (Lipinski definition) is 6. The molecule has 0 amide bonds. The number of rotatable bonds is 3. The highest BCUT2D eigenvalue weighted by Crippen LogP contribution is 2.27. The van der Waals surface area contributed by atoms with Crippen molar-refractivity contribution in [3.8, 4) is 17.8 Å². The molecule has 0 aliphatic carbocycles. The lowest BCUT2D eigenvalue weighted by molar-refractivity contribution is 0.360. The number of nitrogens with zero attached hydrogens (tertiary/aromatic N) is 3. The first-order chi connectivity index (χ1) is 8.19. The molecular weight excluding hydrogens is 244 g/mol. The summed E-state index contributed by atoms with van der Waals surface area (Å²) in [5, 5.41) is 0.449. The van der Waals surface area contributed by atoms with Crippen LogP contribution in [0.5, 0.6) is 17.8 Å². The van der Waals surface area contributed by atoms with Gasteiger partial charge in [-0.25, -0.2) is 0 Å². The normalized spacial score (nSPS) is 10.0. The van der Waals surface area contributed by atoms with E-state index >= 15 is 0 Å². The number of nitrogens with two attached hydrogens (primary N) is 1.